The number of hydrogen-bond donors (Lipinski definition) is 2. The zero-order chi connectivity index (χ0) is 17.3. The highest BCUT2D eigenvalue weighted by Gasteiger charge is 2.44. The summed E-state index contributed by atoms with van der Waals surface area (Å²) in [5, 5.41) is 21.7. The Morgan fingerprint density at radius 1 is 1.25 bits per heavy atom. The average molecular weight is 364 g/mol. The lowest BCUT2D eigenvalue weighted by atomic mass is 9.95. The van der Waals surface area contributed by atoms with E-state index in [0.29, 0.717) is 15.5 Å². The number of carbonyl (C=O) groups is 2. The first-order valence-electron chi connectivity index (χ1n) is 7.23. The molecule has 2 N–H and O–H groups in total. The third-order valence-electron chi connectivity index (χ3n) is 3.83. The van der Waals surface area contributed by atoms with Crippen molar-refractivity contribution in [2.45, 2.75) is 6.04 Å². The molecule has 1 aliphatic heterocycles. The summed E-state index contributed by atoms with van der Waals surface area (Å²) in [6.07, 6.45) is 0. The number of amides is 1. The molecule has 1 aromatic heterocycles. The molecule has 0 bridgehead atoms. The molecule has 0 spiro atoms. The number of thiophene rings is 1. The Labute approximate surface area is 147 Å². The Morgan fingerprint density at radius 3 is 2.62 bits per heavy atom. The van der Waals surface area contributed by atoms with E-state index in [0.717, 1.165) is 0 Å². The second-order valence-corrected chi connectivity index (χ2v) is 6.57. The van der Waals surface area contributed by atoms with Gasteiger partial charge in [0.15, 0.2) is 5.76 Å². The molecule has 0 aliphatic carbocycles. The zero-order valence-electron chi connectivity index (χ0n) is 12.5. The van der Waals surface area contributed by atoms with Gasteiger partial charge in [-0.15, -0.1) is 11.3 Å². The molecule has 2 heterocycles. The van der Waals surface area contributed by atoms with Crippen LogP contribution in [0.15, 0.2) is 53.1 Å². The number of halogens is 1. The number of benzene rings is 1. The number of aliphatic hydroxyl groups excluding tert-OH is 2. The van der Waals surface area contributed by atoms with Crippen LogP contribution in [0.25, 0.3) is 0 Å². The maximum Gasteiger partial charge on any atom is 0.290 e. The van der Waals surface area contributed by atoms with Gasteiger partial charge in [-0.3, -0.25) is 9.59 Å². The van der Waals surface area contributed by atoms with E-state index < -0.39 is 23.5 Å². The number of ketones is 1. The maximum atomic E-state index is 12.8. The Kier molecular flexibility index (Phi) is 4.71. The van der Waals surface area contributed by atoms with Crippen molar-refractivity contribution in [3.63, 3.8) is 0 Å². The molecule has 1 aromatic carbocycles. The van der Waals surface area contributed by atoms with Crippen molar-refractivity contribution in [1.82, 2.24) is 4.90 Å². The van der Waals surface area contributed by atoms with E-state index in [1.807, 2.05) is 0 Å². The van der Waals surface area contributed by atoms with Gasteiger partial charge in [-0.1, -0.05) is 35.9 Å². The van der Waals surface area contributed by atoms with Gasteiger partial charge >= 0.3 is 0 Å². The summed E-state index contributed by atoms with van der Waals surface area (Å²) in [5.74, 6) is -1.69. The first kappa shape index (κ1) is 16.7. The lowest BCUT2D eigenvalue weighted by Gasteiger charge is -2.26. The molecule has 1 amide bonds. The molecule has 5 nitrogen and oxygen atoms in total. The first-order valence-corrected chi connectivity index (χ1v) is 8.49. The SMILES string of the molecule is O=C(C1=C(O)C(=O)N(CCO)C1c1ccccc1Cl)c1cccs1. The van der Waals surface area contributed by atoms with Gasteiger partial charge in [-0.2, -0.15) is 0 Å². The predicted molar refractivity (Wildman–Crippen MR) is 91.3 cm³/mol. The Balaban J connectivity index is 2.14. The molecule has 0 saturated carbocycles. The smallest absolute Gasteiger partial charge is 0.290 e. The normalized spacial score (nSPS) is 17.7. The van der Waals surface area contributed by atoms with Crippen LogP contribution in [0.3, 0.4) is 0 Å². The molecular formula is C17H14ClNO4S. The van der Waals surface area contributed by atoms with E-state index in [2.05, 4.69) is 0 Å². The molecular weight excluding hydrogens is 350 g/mol. The van der Waals surface area contributed by atoms with Crippen molar-refractivity contribution in [1.29, 1.82) is 0 Å². The fourth-order valence-corrected chi connectivity index (χ4v) is 3.70. The number of rotatable bonds is 5. The standard InChI is InChI=1S/C17H14ClNO4S/c18-11-5-2-1-4-10(11)14-13(15(21)12-6-3-9-24-12)16(22)17(23)19(14)7-8-20/h1-6,9,14,20,22H,7-8H2. The van der Waals surface area contributed by atoms with Crippen LogP contribution >= 0.6 is 22.9 Å². The van der Waals surface area contributed by atoms with Gasteiger partial charge < -0.3 is 15.1 Å². The number of Topliss-reactive ketones (excluding diaryl/α,β-unsaturated/α-hetero) is 1. The van der Waals surface area contributed by atoms with E-state index >= 15 is 0 Å². The summed E-state index contributed by atoms with van der Waals surface area (Å²) in [6.45, 7) is -0.305. The molecule has 124 valence electrons. The maximum absolute atomic E-state index is 12.8. The van der Waals surface area contributed by atoms with E-state index in [1.165, 1.54) is 16.2 Å². The number of β-amino-alcohol motifs (C(OH)–C–C–N with tert-alkyl or cyclic N) is 1. The van der Waals surface area contributed by atoms with E-state index in [-0.39, 0.29) is 18.7 Å². The minimum atomic E-state index is -0.826. The van der Waals surface area contributed by atoms with Crippen molar-refractivity contribution in [2.24, 2.45) is 0 Å². The highest BCUT2D eigenvalue weighted by molar-refractivity contribution is 7.12. The van der Waals surface area contributed by atoms with Crippen LogP contribution in [-0.4, -0.2) is 40.0 Å². The minimum Gasteiger partial charge on any atom is -0.503 e. The Hall–Kier alpha value is -2.15. The summed E-state index contributed by atoms with van der Waals surface area (Å²) < 4.78 is 0. The van der Waals surface area contributed by atoms with Gasteiger partial charge in [-0.25, -0.2) is 0 Å². The summed E-state index contributed by atoms with van der Waals surface area (Å²) in [7, 11) is 0. The van der Waals surface area contributed by atoms with Crippen LogP contribution in [0.2, 0.25) is 5.02 Å². The van der Waals surface area contributed by atoms with E-state index in [4.69, 9.17) is 11.6 Å². The molecule has 3 rings (SSSR count). The van der Waals surface area contributed by atoms with Gasteiger partial charge in [0.05, 0.1) is 23.1 Å². The van der Waals surface area contributed by atoms with Gasteiger partial charge in [0, 0.05) is 11.6 Å². The van der Waals surface area contributed by atoms with Crippen molar-refractivity contribution < 1.29 is 19.8 Å². The molecule has 24 heavy (non-hydrogen) atoms. The van der Waals surface area contributed by atoms with Crippen LogP contribution in [0.5, 0.6) is 0 Å². The van der Waals surface area contributed by atoms with Crippen molar-refractivity contribution in [3.8, 4) is 0 Å². The predicted octanol–water partition coefficient (Wildman–Crippen LogP) is 2.97. The van der Waals surface area contributed by atoms with Crippen LogP contribution < -0.4 is 0 Å². The topological polar surface area (TPSA) is 77.8 Å². The van der Waals surface area contributed by atoms with Crippen LogP contribution in [0.1, 0.15) is 21.3 Å². The zero-order valence-corrected chi connectivity index (χ0v) is 14.0. The van der Waals surface area contributed by atoms with Crippen molar-refractivity contribution in [3.05, 3.63) is 68.6 Å². The summed E-state index contributed by atoms with van der Waals surface area (Å²) in [4.78, 5) is 26.9. The van der Waals surface area contributed by atoms with E-state index in [1.54, 1.807) is 41.8 Å². The molecule has 2 aromatic rings. The molecule has 7 heteroatoms. The minimum absolute atomic E-state index is 0.0102. The third kappa shape index (κ3) is 2.73. The summed E-state index contributed by atoms with van der Waals surface area (Å²) >= 11 is 7.48. The summed E-state index contributed by atoms with van der Waals surface area (Å²) in [5.41, 5.74) is 0.522. The lowest BCUT2D eigenvalue weighted by Crippen LogP contribution is -2.33. The van der Waals surface area contributed by atoms with Gasteiger partial charge in [0.25, 0.3) is 5.91 Å². The van der Waals surface area contributed by atoms with Gasteiger partial charge in [-0.05, 0) is 23.1 Å². The quantitative estimate of drug-likeness (QED) is 0.800. The van der Waals surface area contributed by atoms with Crippen LogP contribution in [0.4, 0.5) is 0 Å². The average Bonchev–Trinajstić information content (AvgIpc) is 3.18. The molecule has 1 unspecified atom stereocenters. The Bertz CT molecular complexity index is 816. The molecule has 0 fully saturated rings. The van der Waals surface area contributed by atoms with Crippen molar-refractivity contribution in [2.75, 3.05) is 13.2 Å². The number of hydrogen-bond acceptors (Lipinski definition) is 5. The molecule has 1 atom stereocenters. The fraction of sp³-hybridized carbons (Fsp3) is 0.176. The number of nitrogens with zero attached hydrogens (tertiary/aromatic N) is 1. The monoisotopic (exact) mass is 363 g/mol. The second-order valence-electron chi connectivity index (χ2n) is 5.21. The third-order valence-corrected chi connectivity index (χ3v) is 5.05. The number of aliphatic hydroxyl groups is 2. The second kappa shape index (κ2) is 6.76. The van der Waals surface area contributed by atoms with Gasteiger partial charge in [0.2, 0.25) is 5.78 Å². The van der Waals surface area contributed by atoms with Gasteiger partial charge in [0.1, 0.15) is 0 Å². The summed E-state index contributed by atoms with van der Waals surface area (Å²) in [6, 6.07) is 9.37. The van der Waals surface area contributed by atoms with Crippen molar-refractivity contribution >= 4 is 34.6 Å². The molecule has 0 radical (unpaired) electrons. The van der Waals surface area contributed by atoms with Crippen LogP contribution in [0, 0.1) is 0 Å². The Morgan fingerprint density at radius 2 is 2.00 bits per heavy atom. The van der Waals surface area contributed by atoms with E-state index in [9.17, 15) is 19.8 Å². The highest BCUT2D eigenvalue weighted by atomic mass is 35.5. The van der Waals surface area contributed by atoms with Crippen LogP contribution in [-0.2, 0) is 4.79 Å². The highest BCUT2D eigenvalue weighted by Crippen LogP contribution is 2.41. The molecule has 1 aliphatic rings. The fourth-order valence-electron chi connectivity index (χ4n) is 2.78. The number of carbonyl (C=O) groups excluding carboxylic acids is 2. The largest absolute Gasteiger partial charge is 0.503 e. The molecule has 0 saturated heterocycles. The lowest BCUT2D eigenvalue weighted by molar-refractivity contribution is -0.129. The first-order chi connectivity index (χ1) is 11.6.